The summed E-state index contributed by atoms with van der Waals surface area (Å²) in [6.45, 7) is 1.64. The minimum Gasteiger partial charge on any atom is -0.327 e. The van der Waals surface area contributed by atoms with Crippen molar-refractivity contribution in [2.75, 3.05) is 19.8 Å². The number of carbonyl (C=O) groups is 1. The molecule has 0 aromatic heterocycles. The van der Waals surface area contributed by atoms with Crippen molar-refractivity contribution in [3.05, 3.63) is 47.5 Å². The molecule has 6 nitrogen and oxygen atoms in total. The monoisotopic (exact) mass is 471 g/mol. The third-order valence-corrected chi connectivity index (χ3v) is 5.29. The average molecular weight is 471 g/mol. The largest absolute Gasteiger partial charge is 0.417 e. The van der Waals surface area contributed by atoms with Gasteiger partial charge in [0.25, 0.3) is 11.8 Å². The summed E-state index contributed by atoms with van der Waals surface area (Å²) in [4.78, 5) is 17.5. The maximum atomic E-state index is 14.2. The summed E-state index contributed by atoms with van der Waals surface area (Å²) in [5, 5.41) is 19.0. The molecule has 11 heteroatoms. The molecule has 2 atom stereocenters. The summed E-state index contributed by atoms with van der Waals surface area (Å²) in [6.07, 6.45) is -3.46. The number of hydrogen-bond acceptors (Lipinski definition) is 5. The number of aliphatic imine (C=N–C) groups is 1. The van der Waals surface area contributed by atoms with E-state index in [9.17, 15) is 26.7 Å². The molecule has 1 fully saturated rings. The highest BCUT2D eigenvalue weighted by molar-refractivity contribution is 6.68. The van der Waals surface area contributed by atoms with Crippen molar-refractivity contribution < 1.29 is 26.7 Å². The lowest BCUT2D eigenvalue weighted by molar-refractivity contribution is -0.145. The van der Waals surface area contributed by atoms with E-state index in [1.165, 1.54) is 26.0 Å². The molecule has 1 aromatic carbocycles. The van der Waals surface area contributed by atoms with Gasteiger partial charge >= 0.3 is 6.18 Å². The highest BCUT2D eigenvalue weighted by Crippen LogP contribution is 2.34. The molecule has 180 valence electrons. The van der Waals surface area contributed by atoms with Crippen LogP contribution in [0.25, 0.3) is 0 Å². The Morgan fingerprint density at radius 2 is 1.91 bits per heavy atom. The van der Waals surface area contributed by atoms with E-state index in [2.05, 4.69) is 10.3 Å². The zero-order chi connectivity index (χ0) is 24.8. The Balaban J connectivity index is 2.11. The predicted molar refractivity (Wildman–Crippen MR) is 116 cm³/mol. The summed E-state index contributed by atoms with van der Waals surface area (Å²) >= 11 is 0. The fourth-order valence-corrected chi connectivity index (χ4v) is 3.61. The SMILES string of the molecule is C/C=C(\C=NCNCC1C(C)CC(F)(F)CN1C(=O)C(=N)C(=N)c1ccccc1)C(F)(F)F. The number of piperidine rings is 1. The topological polar surface area (TPSA) is 92.4 Å². The van der Waals surface area contributed by atoms with Crippen LogP contribution >= 0.6 is 0 Å². The minimum absolute atomic E-state index is 0.0104. The molecule has 2 unspecified atom stereocenters. The first-order chi connectivity index (χ1) is 15.4. The molecule has 0 aliphatic carbocycles. The van der Waals surface area contributed by atoms with Crippen LogP contribution in [0.3, 0.4) is 0 Å². The number of nitrogens with one attached hydrogen (secondary N) is 3. The van der Waals surface area contributed by atoms with E-state index < -0.39 is 54.2 Å². The second-order valence-corrected chi connectivity index (χ2v) is 7.82. The molecular formula is C22H26F5N5O. The number of nitrogens with zero attached hydrogens (tertiary/aromatic N) is 2. The van der Waals surface area contributed by atoms with Gasteiger partial charge in [-0.3, -0.25) is 25.9 Å². The first-order valence-corrected chi connectivity index (χ1v) is 10.2. The van der Waals surface area contributed by atoms with Crippen molar-refractivity contribution in [2.45, 2.75) is 38.4 Å². The van der Waals surface area contributed by atoms with E-state index in [1.54, 1.807) is 18.2 Å². The number of carbonyl (C=O) groups excluding carboxylic acids is 1. The maximum absolute atomic E-state index is 14.2. The van der Waals surface area contributed by atoms with E-state index in [-0.39, 0.29) is 18.9 Å². The molecule has 33 heavy (non-hydrogen) atoms. The Labute approximate surface area is 188 Å². The molecule has 1 aromatic rings. The molecule has 2 rings (SSSR count). The van der Waals surface area contributed by atoms with Gasteiger partial charge in [0.15, 0.2) is 0 Å². The summed E-state index contributed by atoms with van der Waals surface area (Å²) in [5.74, 6) is -4.82. The van der Waals surface area contributed by atoms with E-state index in [0.29, 0.717) is 11.8 Å². The van der Waals surface area contributed by atoms with Gasteiger partial charge in [0.2, 0.25) is 0 Å². The van der Waals surface area contributed by atoms with Gasteiger partial charge in [-0.15, -0.1) is 0 Å². The Kier molecular flexibility index (Phi) is 8.59. The zero-order valence-electron chi connectivity index (χ0n) is 18.2. The zero-order valence-corrected chi connectivity index (χ0v) is 18.2. The van der Waals surface area contributed by atoms with Gasteiger partial charge in [0.05, 0.1) is 24.5 Å². The number of benzene rings is 1. The van der Waals surface area contributed by atoms with Crippen LogP contribution in [0.15, 0.2) is 47.0 Å². The van der Waals surface area contributed by atoms with Crippen LogP contribution in [-0.2, 0) is 4.79 Å². The van der Waals surface area contributed by atoms with Crippen LogP contribution in [-0.4, -0.2) is 66.3 Å². The maximum Gasteiger partial charge on any atom is 0.417 e. The van der Waals surface area contributed by atoms with Crippen LogP contribution in [0.5, 0.6) is 0 Å². The van der Waals surface area contributed by atoms with E-state index in [0.717, 1.165) is 11.0 Å². The Hall–Kier alpha value is -2.95. The molecule has 0 radical (unpaired) electrons. The predicted octanol–water partition coefficient (Wildman–Crippen LogP) is 4.07. The molecule has 1 heterocycles. The van der Waals surface area contributed by atoms with E-state index in [1.807, 2.05) is 0 Å². The van der Waals surface area contributed by atoms with Crippen LogP contribution in [0.2, 0.25) is 0 Å². The summed E-state index contributed by atoms with van der Waals surface area (Å²) < 4.78 is 66.6. The second-order valence-electron chi connectivity index (χ2n) is 7.82. The van der Waals surface area contributed by atoms with E-state index >= 15 is 0 Å². The molecule has 1 aliphatic rings. The highest BCUT2D eigenvalue weighted by Gasteiger charge is 2.46. The van der Waals surface area contributed by atoms with Gasteiger partial charge in [0, 0.05) is 30.8 Å². The van der Waals surface area contributed by atoms with Crippen LogP contribution < -0.4 is 5.32 Å². The molecule has 1 amide bonds. The van der Waals surface area contributed by atoms with Crippen molar-refractivity contribution in [3.63, 3.8) is 0 Å². The number of hydrogen-bond donors (Lipinski definition) is 3. The van der Waals surface area contributed by atoms with Gasteiger partial charge in [0.1, 0.15) is 5.71 Å². The first kappa shape index (κ1) is 26.3. The molecule has 1 saturated heterocycles. The van der Waals surface area contributed by atoms with Crippen molar-refractivity contribution in [1.29, 1.82) is 10.8 Å². The number of allylic oxidation sites excluding steroid dienone is 2. The lowest BCUT2D eigenvalue weighted by Gasteiger charge is -2.43. The van der Waals surface area contributed by atoms with Crippen molar-refractivity contribution in [1.82, 2.24) is 10.2 Å². The molecule has 1 aliphatic heterocycles. The summed E-state index contributed by atoms with van der Waals surface area (Å²) in [5.41, 5.74) is -1.71. The molecule has 0 spiro atoms. The lowest BCUT2D eigenvalue weighted by atomic mass is 9.87. The summed E-state index contributed by atoms with van der Waals surface area (Å²) in [7, 11) is 0. The second kappa shape index (κ2) is 10.8. The third-order valence-electron chi connectivity index (χ3n) is 5.29. The Bertz CT molecular complexity index is 927. The van der Waals surface area contributed by atoms with Crippen LogP contribution in [0, 0.1) is 16.7 Å². The first-order valence-electron chi connectivity index (χ1n) is 10.2. The standard InChI is InChI=1S/C22H26F5N5O/c1-3-16(22(25,26)27)10-30-13-31-11-17-14(2)9-21(23,24)12-32(17)20(33)19(29)18(28)15-7-5-4-6-8-15/h3-8,10,14,17,28-29,31H,9,11-13H2,1-2H3/b16-3+,28-18?,29-19?,30-10?. The van der Waals surface area contributed by atoms with Gasteiger partial charge in [-0.1, -0.05) is 43.3 Å². The number of likely N-dealkylation sites (tertiary alicyclic amines) is 1. The van der Waals surface area contributed by atoms with Crippen molar-refractivity contribution >= 4 is 23.5 Å². The third kappa shape index (κ3) is 7.01. The van der Waals surface area contributed by atoms with Crippen LogP contribution in [0.1, 0.15) is 25.8 Å². The quantitative estimate of drug-likeness (QED) is 0.303. The minimum atomic E-state index is -4.53. The Morgan fingerprint density at radius 3 is 2.48 bits per heavy atom. The Morgan fingerprint density at radius 1 is 1.27 bits per heavy atom. The summed E-state index contributed by atoms with van der Waals surface area (Å²) in [6, 6.07) is 7.28. The fourth-order valence-electron chi connectivity index (χ4n) is 3.61. The number of amides is 1. The van der Waals surface area contributed by atoms with Gasteiger partial charge < -0.3 is 4.90 Å². The molecule has 0 bridgehead atoms. The van der Waals surface area contributed by atoms with Gasteiger partial charge in [-0.2, -0.15) is 13.2 Å². The van der Waals surface area contributed by atoms with E-state index in [4.69, 9.17) is 10.8 Å². The smallest absolute Gasteiger partial charge is 0.327 e. The average Bonchev–Trinajstić information content (AvgIpc) is 2.74. The van der Waals surface area contributed by atoms with Crippen LogP contribution in [0.4, 0.5) is 22.0 Å². The molecular weight excluding hydrogens is 445 g/mol. The number of rotatable bonds is 8. The fraction of sp³-hybridized carbons (Fsp3) is 0.455. The van der Waals surface area contributed by atoms with Crippen molar-refractivity contribution in [2.24, 2.45) is 10.9 Å². The number of alkyl halides is 5. The molecule has 0 saturated carbocycles. The van der Waals surface area contributed by atoms with Gasteiger partial charge in [-0.25, -0.2) is 8.78 Å². The lowest BCUT2D eigenvalue weighted by Crippen LogP contribution is -2.60. The molecule has 3 N–H and O–H groups in total. The normalized spacial score (nSPS) is 21.3. The van der Waals surface area contributed by atoms with Crippen molar-refractivity contribution in [3.8, 4) is 0 Å². The number of halogens is 5. The highest BCUT2D eigenvalue weighted by atomic mass is 19.4. The van der Waals surface area contributed by atoms with Gasteiger partial charge in [-0.05, 0) is 12.8 Å².